The number of hydrogen-bond acceptors (Lipinski definition) is 5. The molecule has 23 heavy (non-hydrogen) atoms. The third kappa shape index (κ3) is 2.26. The van der Waals surface area contributed by atoms with Crippen LogP contribution in [0.1, 0.15) is 46.6 Å². The van der Waals surface area contributed by atoms with Crippen LogP contribution in [0, 0.1) is 0 Å². The van der Waals surface area contributed by atoms with Crippen LogP contribution in [-0.4, -0.2) is 37.0 Å². The molecule has 2 aromatic rings. The predicted molar refractivity (Wildman–Crippen MR) is 81.8 cm³/mol. The van der Waals surface area contributed by atoms with Gasteiger partial charge in [0.15, 0.2) is 16.2 Å². The van der Waals surface area contributed by atoms with E-state index in [0.717, 1.165) is 12.8 Å². The smallest absolute Gasteiger partial charge is 0.291 e. The Hall–Kier alpha value is -2.15. The first-order valence-corrected chi connectivity index (χ1v) is 9.16. The van der Waals surface area contributed by atoms with Crippen LogP contribution in [0.5, 0.6) is 0 Å². The summed E-state index contributed by atoms with van der Waals surface area (Å²) in [5.74, 6) is 0.111. The summed E-state index contributed by atoms with van der Waals surface area (Å²) in [5, 5.41) is 0. The third-order valence-corrected chi connectivity index (χ3v) is 6.33. The Morgan fingerprint density at radius 1 is 1.30 bits per heavy atom. The summed E-state index contributed by atoms with van der Waals surface area (Å²) < 4.78 is 29.9. The van der Waals surface area contributed by atoms with Gasteiger partial charge in [0, 0.05) is 13.0 Å². The van der Waals surface area contributed by atoms with Crippen LogP contribution in [0.2, 0.25) is 0 Å². The quantitative estimate of drug-likeness (QED) is 0.860. The van der Waals surface area contributed by atoms with Crippen molar-refractivity contribution >= 4 is 15.7 Å². The molecule has 0 bridgehead atoms. The van der Waals surface area contributed by atoms with Gasteiger partial charge in [0.2, 0.25) is 5.76 Å². The van der Waals surface area contributed by atoms with Gasteiger partial charge in [-0.25, -0.2) is 13.4 Å². The fourth-order valence-corrected chi connectivity index (χ4v) is 4.96. The lowest BCUT2D eigenvalue weighted by molar-refractivity contribution is 0.0712. The molecule has 1 saturated carbocycles. The van der Waals surface area contributed by atoms with Gasteiger partial charge in [-0.15, -0.1) is 0 Å². The van der Waals surface area contributed by atoms with Crippen molar-refractivity contribution in [3.63, 3.8) is 0 Å². The van der Waals surface area contributed by atoms with Gasteiger partial charge >= 0.3 is 0 Å². The van der Waals surface area contributed by atoms with Crippen LogP contribution in [0.15, 0.2) is 40.0 Å². The maximum Gasteiger partial charge on any atom is 0.291 e. The highest BCUT2D eigenvalue weighted by molar-refractivity contribution is 7.91. The van der Waals surface area contributed by atoms with Gasteiger partial charge in [0.1, 0.15) is 0 Å². The Labute approximate surface area is 134 Å². The lowest BCUT2D eigenvalue weighted by Gasteiger charge is -2.23. The van der Waals surface area contributed by atoms with E-state index in [-0.39, 0.29) is 17.4 Å². The van der Waals surface area contributed by atoms with Gasteiger partial charge in [0.25, 0.3) is 5.91 Å². The number of sulfone groups is 1. The topological polar surface area (TPSA) is 80.5 Å². The summed E-state index contributed by atoms with van der Waals surface area (Å²) in [6, 6.07) is 6.33. The first-order valence-electron chi connectivity index (χ1n) is 7.51. The maximum absolute atomic E-state index is 12.8. The van der Waals surface area contributed by atoms with Crippen molar-refractivity contribution in [2.24, 2.45) is 0 Å². The monoisotopic (exact) mass is 332 g/mol. The molecule has 6 nitrogen and oxygen atoms in total. The molecule has 0 radical (unpaired) electrons. The molecule has 1 aliphatic heterocycles. The molecule has 1 amide bonds. The number of hydrogen-bond donors (Lipinski definition) is 0. The molecule has 2 heterocycles. The molecule has 1 aliphatic carbocycles. The van der Waals surface area contributed by atoms with Crippen molar-refractivity contribution in [2.75, 3.05) is 12.8 Å². The second-order valence-electron chi connectivity index (χ2n) is 6.09. The summed E-state index contributed by atoms with van der Waals surface area (Å²) in [5.41, 5.74) is 1.35. The Morgan fingerprint density at radius 3 is 2.78 bits per heavy atom. The summed E-state index contributed by atoms with van der Waals surface area (Å²) >= 11 is 0. The van der Waals surface area contributed by atoms with Crippen LogP contribution in [0.4, 0.5) is 0 Å². The van der Waals surface area contributed by atoms with Gasteiger partial charge in [-0.1, -0.05) is 18.2 Å². The molecule has 7 heteroatoms. The van der Waals surface area contributed by atoms with E-state index in [1.54, 1.807) is 31.3 Å². The number of carbonyl (C=O) groups excluding carboxylic acids is 1. The van der Waals surface area contributed by atoms with E-state index in [0.29, 0.717) is 22.1 Å². The Bertz CT molecular complexity index is 883. The molecule has 1 fully saturated rings. The molecule has 1 aromatic carbocycles. The molecule has 4 rings (SSSR count). The minimum Gasteiger partial charge on any atom is -0.438 e. The minimum absolute atomic E-state index is 0.0957. The second-order valence-corrected chi connectivity index (χ2v) is 8.09. The van der Waals surface area contributed by atoms with Gasteiger partial charge in [-0.05, 0) is 24.5 Å². The molecule has 1 unspecified atom stereocenters. The highest BCUT2D eigenvalue weighted by atomic mass is 32.2. The van der Waals surface area contributed by atoms with E-state index < -0.39 is 15.9 Å². The number of benzene rings is 1. The molecular formula is C16H16N2O4S. The van der Waals surface area contributed by atoms with Crippen molar-refractivity contribution in [3.8, 4) is 0 Å². The Morgan fingerprint density at radius 2 is 2.04 bits per heavy atom. The highest BCUT2D eigenvalue weighted by Gasteiger charge is 2.40. The highest BCUT2D eigenvalue weighted by Crippen LogP contribution is 2.42. The largest absolute Gasteiger partial charge is 0.438 e. The van der Waals surface area contributed by atoms with Crippen molar-refractivity contribution in [3.05, 3.63) is 47.7 Å². The van der Waals surface area contributed by atoms with Crippen molar-refractivity contribution in [1.29, 1.82) is 0 Å². The average Bonchev–Trinajstić information content (AvgIpc) is 3.20. The van der Waals surface area contributed by atoms with Crippen LogP contribution < -0.4 is 0 Å². The molecular weight excluding hydrogens is 316 g/mol. The van der Waals surface area contributed by atoms with Crippen LogP contribution in [0.25, 0.3) is 0 Å². The summed E-state index contributed by atoms with van der Waals surface area (Å²) in [6.45, 7) is 0. The van der Waals surface area contributed by atoms with E-state index >= 15 is 0 Å². The summed E-state index contributed by atoms with van der Waals surface area (Å²) in [6.07, 6.45) is 3.31. The molecule has 0 N–H and O–H groups in total. The molecule has 0 spiro atoms. The minimum atomic E-state index is -3.36. The number of amides is 1. The van der Waals surface area contributed by atoms with Gasteiger partial charge in [-0.2, -0.15) is 0 Å². The third-order valence-electron chi connectivity index (χ3n) is 4.53. The maximum atomic E-state index is 12.8. The van der Waals surface area contributed by atoms with E-state index in [1.165, 1.54) is 11.3 Å². The van der Waals surface area contributed by atoms with Crippen molar-refractivity contribution in [1.82, 2.24) is 9.88 Å². The number of nitrogens with zero attached hydrogens (tertiary/aromatic N) is 2. The zero-order valence-electron chi connectivity index (χ0n) is 12.6. The zero-order chi connectivity index (χ0) is 16.2. The van der Waals surface area contributed by atoms with Crippen LogP contribution in [0.3, 0.4) is 0 Å². The lowest BCUT2D eigenvalue weighted by atomic mass is 10.1. The molecule has 1 aromatic heterocycles. The van der Waals surface area contributed by atoms with E-state index in [9.17, 15) is 13.2 Å². The van der Waals surface area contributed by atoms with Gasteiger partial charge in [0.05, 0.1) is 22.4 Å². The fourth-order valence-electron chi connectivity index (χ4n) is 3.11. The van der Waals surface area contributed by atoms with E-state index in [4.69, 9.17) is 4.42 Å². The summed E-state index contributed by atoms with van der Waals surface area (Å²) in [4.78, 5) is 18.7. The van der Waals surface area contributed by atoms with Gasteiger partial charge in [-0.3, -0.25) is 4.79 Å². The van der Waals surface area contributed by atoms with Crippen molar-refractivity contribution < 1.29 is 17.6 Å². The summed E-state index contributed by atoms with van der Waals surface area (Å²) in [7, 11) is -1.74. The number of fused-ring (bicyclic) bond motifs is 1. The lowest BCUT2D eigenvalue weighted by Crippen LogP contribution is -2.32. The first kappa shape index (κ1) is 14.4. The molecule has 120 valence electrons. The normalized spacial score (nSPS) is 21.9. The number of rotatable bonds is 3. The average molecular weight is 332 g/mol. The van der Waals surface area contributed by atoms with E-state index in [1.807, 2.05) is 0 Å². The molecule has 0 saturated heterocycles. The first-order chi connectivity index (χ1) is 11.0. The Balaban J connectivity index is 1.69. The SMILES string of the molecule is CN(C(=O)c1ocnc1C1CC1)C1CS(=O)(=O)c2ccccc21. The van der Waals surface area contributed by atoms with Crippen LogP contribution in [-0.2, 0) is 9.84 Å². The molecule has 2 aliphatic rings. The zero-order valence-corrected chi connectivity index (χ0v) is 13.4. The standard InChI is InChI=1S/C16H16N2O4S/c1-18(16(19)15-14(10-6-7-10)17-9-22-15)12-8-23(20,21)13-5-3-2-4-11(12)13/h2-5,9-10,12H,6-8H2,1H3. The van der Waals surface area contributed by atoms with Gasteiger partial charge < -0.3 is 9.32 Å². The number of oxazole rings is 1. The molecule has 1 atom stereocenters. The number of aromatic nitrogens is 1. The second kappa shape index (κ2) is 4.92. The van der Waals surface area contributed by atoms with Crippen molar-refractivity contribution in [2.45, 2.75) is 29.7 Å². The fraction of sp³-hybridized carbons (Fsp3) is 0.375. The van der Waals surface area contributed by atoms with Crippen LogP contribution >= 0.6 is 0 Å². The number of carbonyl (C=O) groups is 1. The Kier molecular flexibility index (Phi) is 3.09. The van der Waals surface area contributed by atoms with E-state index in [2.05, 4.69) is 4.98 Å². The predicted octanol–water partition coefficient (Wildman–Crippen LogP) is 2.15.